The molecule has 5 heteroatoms. The van der Waals surface area contributed by atoms with Crippen molar-refractivity contribution < 1.29 is 4.79 Å². The summed E-state index contributed by atoms with van der Waals surface area (Å²) in [5.41, 5.74) is 6.08. The van der Waals surface area contributed by atoms with Crippen molar-refractivity contribution in [2.24, 2.45) is 5.73 Å². The maximum absolute atomic E-state index is 11.7. The molecule has 0 aliphatic heterocycles. The molecule has 2 atom stereocenters. The average Bonchev–Trinajstić information content (AvgIpc) is 2.86. The van der Waals surface area contributed by atoms with Gasteiger partial charge in [-0.2, -0.15) is 0 Å². The first-order chi connectivity index (χ1) is 7.08. The van der Waals surface area contributed by atoms with Crippen molar-refractivity contribution in [3.63, 3.8) is 0 Å². The molecule has 1 aromatic rings. The zero-order valence-corrected chi connectivity index (χ0v) is 10.2. The van der Waals surface area contributed by atoms with E-state index < -0.39 is 0 Å². The molecule has 2 rings (SSSR count). The summed E-state index contributed by atoms with van der Waals surface area (Å²) in [6.07, 6.45) is 0.845. The first kappa shape index (κ1) is 10.9. The lowest BCUT2D eigenvalue weighted by atomic mass is 10.2. The molecule has 1 aliphatic carbocycles. The molecule has 1 aromatic carbocycles. The number of carbonyl (C=O) groups excluding carboxylic acids is 1. The van der Waals surface area contributed by atoms with E-state index in [0.717, 1.165) is 10.9 Å². The third-order valence-electron chi connectivity index (χ3n) is 2.33. The highest BCUT2D eigenvalue weighted by Gasteiger charge is 2.35. The molecule has 15 heavy (non-hydrogen) atoms. The maximum Gasteiger partial charge on any atom is 0.253 e. The number of hydrogen-bond acceptors (Lipinski definition) is 2. The first-order valence-electron chi connectivity index (χ1n) is 4.59. The van der Waals surface area contributed by atoms with E-state index in [1.54, 1.807) is 18.2 Å². The molecular weight excluding hydrogens is 279 g/mol. The van der Waals surface area contributed by atoms with Gasteiger partial charge in [0.05, 0.1) is 10.6 Å². The lowest BCUT2D eigenvalue weighted by molar-refractivity contribution is 0.0950. The molecule has 0 bridgehead atoms. The van der Waals surface area contributed by atoms with Crippen molar-refractivity contribution in [3.8, 4) is 0 Å². The summed E-state index contributed by atoms with van der Waals surface area (Å²) in [4.78, 5) is 11.7. The van der Waals surface area contributed by atoms with Gasteiger partial charge in [-0.15, -0.1) is 0 Å². The fourth-order valence-electron chi connectivity index (χ4n) is 1.30. The highest BCUT2D eigenvalue weighted by atomic mass is 79.9. The molecule has 3 N–H and O–H groups in total. The van der Waals surface area contributed by atoms with Gasteiger partial charge in [0, 0.05) is 16.6 Å². The number of nitrogens with two attached hydrogens (primary N) is 1. The van der Waals surface area contributed by atoms with Crippen LogP contribution in [0, 0.1) is 0 Å². The van der Waals surface area contributed by atoms with E-state index in [4.69, 9.17) is 17.3 Å². The van der Waals surface area contributed by atoms with Crippen molar-refractivity contribution >= 4 is 33.4 Å². The van der Waals surface area contributed by atoms with Crippen molar-refractivity contribution in [2.45, 2.75) is 18.5 Å². The van der Waals surface area contributed by atoms with Crippen LogP contribution in [0.4, 0.5) is 0 Å². The smallest absolute Gasteiger partial charge is 0.253 e. The lowest BCUT2D eigenvalue weighted by Crippen LogP contribution is -2.29. The molecule has 80 valence electrons. The molecule has 2 unspecified atom stereocenters. The van der Waals surface area contributed by atoms with Crippen LogP contribution in [0.15, 0.2) is 22.7 Å². The van der Waals surface area contributed by atoms with Gasteiger partial charge in [-0.05, 0) is 24.6 Å². The largest absolute Gasteiger partial charge is 0.348 e. The molecule has 1 amide bonds. The Balaban J connectivity index is 2.14. The molecular formula is C10H10BrClN2O. The molecule has 0 heterocycles. The molecule has 0 saturated heterocycles. The van der Waals surface area contributed by atoms with E-state index in [-0.39, 0.29) is 18.0 Å². The Bertz CT molecular complexity index is 410. The minimum absolute atomic E-state index is 0.0971. The Morgan fingerprint density at radius 2 is 2.27 bits per heavy atom. The van der Waals surface area contributed by atoms with Crippen LogP contribution in [-0.2, 0) is 0 Å². The van der Waals surface area contributed by atoms with Crippen LogP contribution in [0.2, 0.25) is 5.02 Å². The Morgan fingerprint density at radius 1 is 1.60 bits per heavy atom. The van der Waals surface area contributed by atoms with Gasteiger partial charge in [0.1, 0.15) is 0 Å². The summed E-state index contributed by atoms with van der Waals surface area (Å²) in [5.74, 6) is -0.167. The Kier molecular flexibility index (Phi) is 3.00. The van der Waals surface area contributed by atoms with Crippen LogP contribution >= 0.6 is 27.5 Å². The Hall–Kier alpha value is -0.580. The van der Waals surface area contributed by atoms with Crippen molar-refractivity contribution in [3.05, 3.63) is 33.3 Å². The summed E-state index contributed by atoms with van der Waals surface area (Å²) in [5, 5.41) is 3.27. The third-order valence-corrected chi connectivity index (χ3v) is 3.15. The van der Waals surface area contributed by atoms with Gasteiger partial charge in [-0.3, -0.25) is 4.79 Å². The van der Waals surface area contributed by atoms with Crippen molar-refractivity contribution in [2.75, 3.05) is 0 Å². The second-order valence-corrected chi connectivity index (χ2v) is 4.93. The highest BCUT2D eigenvalue weighted by molar-refractivity contribution is 9.10. The van der Waals surface area contributed by atoms with E-state index in [1.807, 2.05) is 0 Å². The minimum Gasteiger partial charge on any atom is -0.348 e. The van der Waals surface area contributed by atoms with Gasteiger partial charge in [0.25, 0.3) is 5.91 Å². The molecule has 3 nitrogen and oxygen atoms in total. The fourth-order valence-corrected chi connectivity index (χ4v) is 1.86. The minimum atomic E-state index is -0.167. The second-order valence-electron chi connectivity index (χ2n) is 3.60. The van der Waals surface area contributed by atoms with Gasteiger partial charge in [-0.1, -0.05) is 27.5 Å². The summed E-state index contributed by atoms with van der Waals surface area (Å²) in [6.45, 7) is 0. The summed E-state index contributed by atoms with van der Waals surface area (Å²) < 4.78 is 0.831. The van der Waals surface area contributed by atoms with E-state index in [9.17, 15) is 4.79 Å². The average molecular weight is 290 g/mol. The lowest BCUT2D eigenvalue weighted by Gasteiger charge is -2.05. The third kappa shape index (κ3) is 2.51. The highest BCUT2D eigenvalue weighted by Crippen LogP contribution is 2.23. The van der Waals surface area contributed by atoms with Crippen LogP contribution in [0.1, 0.15) is 16.8 Å². The SMILES string of the molecule is NC1CC1NC(=O)c1cc(Br)ccc1Cl. The van der Waals surface area contributed by atoms with E-state index in [0.29, 0.717) is 10.6 Å². The van der Waals surface area contributed by atoms with E-state index in [2.05, 4.69) is 21.2 Å². The zero-order chi connectivity index (χ0) is 11.0. The van der Waals surface area contributed by atoms with Gasteiger partial charge in [0.15, 0.2) is 0 Å². The maximum atomic E-state index is 11.7. The summed E-state index contributed by atoms with van der Waals surface area (Å²) in [7, 11) is 0. The molecule has 1 saturated carbocycles. The Labute approximate surface area is 101 Å². The topological polar surface area (TPSA) is 55.1 Å². The number of benzene rings is 1. The van der Waals surface area contributed by atoms with Gasteiger partial charge in [-0.25, -0.2) is 0 Å². The van der Waals surface area contributed by atoms with Gasteiger partial charge in [0.2, 0.25) is 0 Å². The van der Waals surface area contributed by atoms with Crippen molar-refractivity contribution in [1.82, 2.24) is 5.32 Å². The zero-order valence-electron chi connectivity index (χ0n) is 7.84. The standard InChI is InChI=1S/C10H10BrClN2O/c11-5-1-2-7(12)6(3-5)10(15)14-9-4-8(9)13/h1-3,8-9H,4,13H2,(H,14,15). The van der Waals surface area contributed by atoms with Crippen LogP contribution in [0.5, 0.6) is 0 Å². The number of carbonyl (C=O) groups is 1. The van der Waals surface area contributed by atoms with E-state index >= 15 is 0 Å². The summed E-state index contributed by atoms with van der Waals surface area (Å²) in [6, 6.07) is 5.38. The quantitative estimate of drug-likeness (QED) is 0.874. The number of nitrogens with one attached hydrogen (secondary N) is 1. The number of amides is 1. The predicted octanol–water partition coefficient (Wildman–Crippen LogP) is 1.93. The van der Waals surface area contributed by atoms with Crippen LogP contribution in [0.3, 0.4) is 0 Å². The number of rotatable bonds is 2. The normalized spacial score (nSPS) is 23.7. The van der Waals surface area contributed by atoms with Crippen molar-refractivity contribution in [1.29, 1.82) is 0 Å². The van der Waals surface area contributed by atoms with E-state index in [1.165, 1.54) is 0 Å². The van der Waals surface area contributed by atoms with Crippen LogP contribution < -0.4 is 11.1 Å². The number of hydrogen-bond donors (Lipinski definition) is 2. The molecule has 0 spiro atoms. The van der Waals surface area contributed by atoms with Gasteiger partial charge >= 0.3 is 0 Å². The number of halogens is 2. The molecule has 1 fully saturated rings. The van der Waals surface area contributed by atoms with Gasteiger partial charge < -0.3 is 11.1 Å². The van der Waals surface area contributed by atoms with Crippen LogP contribution in [0.25, 0.3) is 0 Å². The molecule has 0 radical (unpaired) electrons. The Morgan fingerprint density at radius 3 is 2.87 bits per heavy atom. The monoisotopic (exact) mass is 288 g/mol. The summed E-state index contributed by atoms with van der Waals surface area (Å²) >= 11 is 9.21. The predicted molar refractivity (Wildman–Crippen MR) is 63.0 cm³/mol. The van der Waals surface area contributed by atoms with Crippen LogP contribution in [-0.4, -0.2) is 18.0 Å². The first-order valence-corrected chi connectivity index (χ1v) is 5.76. The molecule has 1 aliphatic rings. The second kappa shape index (κ2) is 4.12. The fraction of sp³-hybridized carbons (Fsp3) is 0.300. The molecule has 0 aromatic heterocycles.